The van der Waals surface area contributed by atoms with Crippen molar-refractivity contribution in [3.63, 3.8) is 0 Å². The smallest absolute Gasteiger partial charge is 0.345 e. The van der Waals surface area contributed by atoms with Crippen LogP contribution in [0.15, 0.2) is 65.7 Å². The molecule has 1 fully saturated rings. The van der Waals surface area contributed by atoms with Gasteiger partial charge >= 0.3 is 5.97 Å². The highest BCUT2D eigenvalue weighted by molar-refractivity contribution is 8.15. The van der Waals surface area contributed by atoms with Gasteiger partial charge < -0.3 is 9.47 Å². The number of hydrogen-bond donors (Lipinski definition) is 0. The first-order valence-electron chi connectivity index (χ1n) is 8.71. The standard InChI is InChI=1S/C20H17ClN2O4S/c21-17(20(25)27-11-13-7-3-1-4-8-13)23-18(24)16-19(23)28-15(22-16)12-26-14-9-5-2-6-10-14/h1-10,16-17,19H,11-12H2. The third-order valence-corrected chi connectivity index (χ3v) is 5.97. The number of carbonyl (C=O) groups excluding carboxylic acids is 2. The summed E-state index contributed by atoms with van der Waals surface area (Å²) in [5.41, 5.74) is -0.319. The van der Waals surface area contributed by atoms with Gasteiger partial charge in [0.1, 0.15) is 29.4 Å². The number of esters is 1. The van der Waals surface area contributed by atoms with Gasteiger partial charge in [0.25, 0.3) is 5.91 Å². The Labute approximate surface area is 171 Å². The van der Waals surface area contributed by atoms with Crippen LogP contribution in [-0.4, -0.2) is 45.3 Å². The lowest BCUT2D eigenvalue weighted by atomic mass is 10.1. The fourth-order valence-corrected chi connectivity index (χ4v) is 4.49. The lowest BCUT2D eigenvalue weighted by molar-refractivity contribution is -0.159. The van der Waals surface area contributed by atoms with Crippen molar-refractivity contribution < 1.29 is 19.1 Å². The Kier molecular flexibility index (Phi) is 5.54. The molecule has 0 bridgehead atoms. The van der Waals surface area contributed by atoms with Gasteiger partial charge in [-0.1, -0.05) is 71.9 Å². The number of nitrogens with zero attached hydrogens (tertiary/aromatic N) is 2. The van der Waals surface area contributed by atoms with E-state index in [9.17, 15) is 9.59 Å². The van der Waals surface area contributed by atoms with E-state index in [0.717, 1.165) is 11.3 Å². The van der Waals surface area contributed by atoms with Crippen LogP contribution in [0.1, 0.15) is 5.56 Å². The molecule has 2 aliphatic heterocycles. The zero-order valence-electron chi connectivity index (χ0n) is 14.7. The van der Waals surface area contributed by atoms with Crippen molar-refractivity contribution in [2.24, 2.45) is 4.99 Å². The van der Waals surface area contributed by atoms with E-state index in [0.29, 0.717) is 5.04 Å². The quantitative estimate of drug-likeness (QED) is 0.300. The normalized spacial score (nSPS) is 21.4. The second-order valence-corrected chi connectivity index (χ2v) is 7.86. The molecule has 2 aromatic rings. The Morgan fingerprint density at radius 3 is 2.50 bits per heavy atom. The Balaban J connectivity index is 1.30. The molecule has 1 saturated heterocycles. The number of fused-ring (bicyclic) bond motifs is 1. The van der Waals surface area contributed by atoms with Crippen LogP contribution in [0.5, 0.6) is 5.75 Å². The lowest BCUT2D eigenvalue weighted by Gasteiger charge is -2.42. The highest BCUT2D eigenvalue weighted by atomic mass is 35.5. The maximum absolute atomic E-state index is 12.4. The minimum atomic E-state index is -1.17. The van der Waals surface area contributed by atoms with Crippen LogP contribution in [0.3, 0.4) is 0 Å². The summed E-state index contributed by atoms with van der Waals surface area (Å²) in [7, 11) is 0. The van der Waals surface area contributed by atoms with Crippen LogP contribution < -0.4 is 4.74 Å². The molecule has 8 heteroatoms. The average molecular weight is 417 g/mol. The summed E-state index contributed by atoms with van der Waals surface area (Å²) in [6.45, 7) is 0.382. The Hall–Kier alpha value is -2.51. The minimum absolute atomic E-state index is 0.110. The zero-order valence-corrected chi connectivity index (χ0v) is 16.3. The van der Waals surface area contributed by atoms with Crippen molar-refractivity contribution in [3.05, 3.63) is 66.2 Å². The molecule has 2 heterocycles. The van der Waals surface area contributed by atoms with E-state index in [1.165, 1.54) is 16.7 Å². The average Bonchev–Trinajstić information content (AvgIpc) is 3.11. The topological polar surface area (TPSA) is 68.2 Å². The van der Waals surface area contributed by atoms with Crippen molar-refractivity contribution in [2.75, 3.05) is 6.61 Å². The van der Waals surface area contributed by atoms with Crippen molar-refractivity contribution in [1.82, 2.24) is 4.90 Å². The van der Waals surface area contributed by atoms with Crippen LogP contribution in [-0.2, 0) is 20.9 Å². The van der Waals surface area contributed by atoms with Crippen LogP contribution in [0.4, 0.5) is 0 Å². The van der Waals surface area contributed by atoms with Crippen LogP contribution >= 0.6 is 23.4 Å². The number of β-lactam (4-membered cyclic amide) rings is 1. The summed E-state index contributed by atoms with van der Waals surface area (Å²) in [6.07, 6.45) is 0. The molecular formula is C20H17ClN2O4S. The van der Waals surface area contributed by atoms with Crippen LogP contribution in [0.2, 0.25) is 0 Å². The summed E-state index contributed by atoms with van der Waals surface area (Å²) < 4.78 is 10.9. The first kappa shape index (κ1) is 18.8. The van der Waals surface area contributed by atoms with E-state index in [4.69, 9.17) is 21.1 Å². The first-order chi connectivity index (χ1) is 13.6. The van der Waals surface area contributed by atoms with E-state index < -0.39 is 17.5 Å². The molecule has 1 amide bonds. The predicted molar refractivity (Wildman–Crippen MR) is 107 cm³/mol. The van der Waals surface area contributed by atoms with E-state index in [1.54, 1.807) is 0 Å². The molecule has 0 N–H and O–H groups in total. The zero-order chi connectivity index (χ0) is 19.5. The van der Waals surface area contributed by atoms with Crippen molar-refractivity contribution in [2.45, 2.75) is 23.5 Å². The molecule has 144 valence electrons. The fourth-order valence-electron chi connectivity index (χ4n) is 2.92. The molecule has 2 aliphatic rings. The van der Waals surface area contributed by atoms with Crippen molar-refractivity contribution >= 4 is 40.3 Å². The molecule has 3 atom stereocenters. The number of amides is 1. The third-order valence-electron chi connectivity index (χ3n) is 4.36. The molecule has 0 aromatic heterocycles. The molecular weight excluding hydrogens is 400 g/mol. The molecule has 0 spiro atoms. The molecule has 2 aromatic carbocycles. The number of carbonyl (C=O) groups is 2. The summed E-state index contributed by atoms with van der Waals surface area (Å²) in [6, 6.07) is 18.2. The number of rotatable bonds is 7. The SMILES string of the molecule is O=C(OCc1ccccc1)C(Cl)N1C(=O)C2N=C(COc3ccccc3)SC21. The predicted octanol–water partition coefficient (Wildman–Crippen LogP) is 3.06. The number of hydrogen-bond acceptors (Lipinski definition) is 6. The number of ether oxygens (including phenoxy) is 2. The maximum atomic E-state index is 12.4. The summed E-state index contributed by atoms with van der Waals surface area (Å²) in [4.78, 5) is 30.3. The monoisotopic (exact) mass is 416 g/mol. The fraction of sp³-hybridized carbons (Fsp3) is 0.250. The number of likely N-dealkylation sites (tertiary alicyclic amines) is 1. The lowest BCUT2D eigenvalue weighted by Crippen LogP contribution is -2.64. The molecule has 28 heavy (non-hydrogen) atoms. The Morgan fingerprint density at radius 2 is 1.79 bits per heavy atom. The number of aliphatic imine (C=N–C) groups is 1. The van der Waals surface area contributed by atoms with Gasteiger partial charge in [-0.15, -0.1) is 0 Å². The van der Waals surface area contributed by atoms with Gasteiger partial charge in [-0.25, -0.2) is 4.79 Å². The second-order valence-electron chi connectivity index (χ2n) is 6.25. The van der Waals surface area contributed by atoms with Gasteiger partial charge in [0, 0.05) is 0 Å². The van der Waals surface area contributed by atoms with Gasteiger partial charge in [0.05, 0.1) is 0 Å². The summed E-state index contributed by atoms with van der Waals surface area (Å²) >= 11 is 7.61. The molecule has 6 nitrogen and oxygen atoms in total. The van der Waals surface area contributed by atoms with E-state index in [1.807, 2.05) is 60.7 Å². The van der Waals surface area contributed by atoms with E-state index in [-0.39, 0.29) is 24.5 Å². The Morgan fingerprint density at radius 1 is 1.11 bits per heavy atom. The summed E-state index contributed by atoms with van der Waals surface area (Å²) in [5, 5.41) is 0.407. The highest BCUT2D eigenvalue weighted by Gasteiger charge is 2.56. The third kappa shape index (κ3) is 3.86. The highest BCUT2D eigenvalue weighted by Crippen LogP contribution is 2.41. The van der Waals surface area contributed by atoms with Gasteiger partial charge in [0.2, 0.25) is 5.50 Å². The number of benzene rings is 2. The number of halogens is 1. The minimum Gasteiger partial charge on any atom is -0.487 e. The summed E-state index contributed by atoms with van der Waals surface area (Å²) in [5.74, 6) is -0.191. The van der Waals surface area contributed by atoms with Crippen LogP contribution in [0, 0.1) is 0 Å². The van der Waals surface area contributed by atoms with Gasteiger partial charge in [-0.05, 0) is 17.7 Å². The number of thioether (sulfide) groups is 1. The van der Waals surface area contributed by atoms with E-state index in [2.05, 4.69) is 4.99 Å². The number of alkyl halides is 1. The van der Waals surface area contributed by atoms with Crippen molar-refractivity contribution in [3.8, 4) is 5.75 Å². The Bertz CT molecular complexity index is 894. The molecule has 0 saturated carbocycles. The van der Waals surface area contributed by atoms with Crippen molar-refractivity contribution in [1.29, 1.82) is 0 Å². The molecule has 3 unspecified atom stereocenters. The van der Waals surface area contributed by atoms with Gasteiger partial charge in [0.15, 0.2) is 6.04 Å². The van der Waals surface area contributed by atoms with Crippen LogP contribution in [0.25, 0.3) is 0 Å². The first-order valence-corrected chi connectivity index (χ1v) is 10.0. The second kappa shape index (κ2) is 8.24. The molecule has 4 rings (SSSR count). The van der Waals surface area contributed by atoms with Gasteiger partial charge in [-0.3, -0.25) is 14.7 Å². The maximum Gasteiger partial charge on any atom is 0.345 e. The molecule has 0 radical (unpaired) electrons. The number of para-hydroxylation sites is 1. The van der Waals surface area contributed by atoms with Gasteiger partial charge in [-0.2, -0.15) is 0 Å². The largest absolute Gasteiger partial charge is 0.487 e. The van der Waals surface area contributed by atoms with E-state index >= 15 is 0 Å². The molecule has 0 aliphatic carbocycles.